The predicted octanol–water partition coefficient (Wildman–Crippen LogP) is 1.87. The minimum Gasteiger partial charge on any atom is -0.325 e. The zero-order valence-electron chi connectivity index (χ0n) is 11.1. The van der Waals surface area contributed by atoms with Crippen LogP contribution >= 0.6 is 11.6 Å². The molecule has 0 N–H and O–H groups in total. The van der Waals surface area contributed by atoms with E-state index < -0.39 is 11.2 Å². The third-order valence-corrected chi connectivity index (χ3v) is 3.85. The zero-order chi connectivity index (χ0) is 14.4. The Morgan fingerprint density at radius 1 is 1.25 bits per heavy atom. The van der Waals surface area contributed by atoms with Gasteiger partial charge in [0.05, 0.1) is 10.5 Å². The predicted molar refractivity (Wildman–Crippen MR) is 78.6 cm³/mol. The minimum absolute atomic E-state index is 0.286. The van der Waals surface area contributed by atoms with Gasteiger partial charge in [-0.25, -0.2) is 4.79 Å². The van der Waals surface area contributed by atoms with Crippen LogP contribution in [0.25, 0.3) is 22.3 Å². The van der Waals surface area contributed by atoms with Crippen molar-refractivity contribution in [1.82, 2.24) is 14.1 Å². The largest absolute Gasteiger partial charge is 0.352 e. The van der Waals surface area contributed by atoms with Crippen molar-refractivity contribution in [3.63, 3.8) is 0 Å². The number of pyridine rings is 1. The maximum atomic E-state index is 12.3. The number of hydrogen-bond donors (Lipinski definition) is 0. The van der Waals surface area contributed by atoms with Crippen molar-refractivity contribution < 1.29 is 0 Å². The molecule has 20 heavy (non-hydrogen) atoms. The summed E-state index contributed by atoms with van der Waals surface area (Å²) in [6.45, 7) is 2.53. The van der Waals surface area contributed by atoms with Crippen LogP contribution in [-0.4, -0.2) is 14.1 Å². The van der Waals surface area contributed by atoms with Gasteiger partial charge in [-0.3, -0.25) is 9.36 Å². The number of rotatable bonds is 1. The molecule has 0 atom stereocenters. The van der Waals surface area contributed by atoms with Crippen LogP contribution in [0, 0.1) is 0 Å². The highest BCUT2D eigenvalue weighted by atomic mass is 35.5. The van der Waals surface area contributed by atoms with Crippen LogP contribution in [0.15, 0.2) is 33.9 Å². The molecule has 0 bridgehead atoms. The van der Waals surface area contributed by atoms with Gasteiger partial charge in [-0.15, -0.1) is 0 Å². The molecule has 5 nitrogen and oxygen atoms in total. The lowest BCUT2D eigenvalue weighted by atomic mass is 10.1. The number of benzene rings is 1. The summed E-state index contributed by atoms with van der Waals surface area (Å²) in [5.41, 5.74) is 0.149. The van der Waals surface area contributed by atoms with Gasteiger partial charge in [0.15, 0.2) is 5.82 Å². The molecular weight excluding hydrogens is 278 g/mol. The van der Waals surface area contributed by atoms with Gasteiger partial charge in [-0.2, -0.15) is 4.98 Å². The molecule has 0 spiro atoms. The number of para-hydroxylation sites is 1. The standard InChI is InChI=1S/C14H12ClN3O2/c1-3-18-9-7-5-4-6-8(9)11(15)10-12(18)16-14(20)17(2)13(10)19/h4-7H,3H2,1-2H3. The molecular formula is C14H12ClN3O2. The maximum absolute atomic E-state index is 12.3. The summed E-state index contributed by atoms with van der Waals surface area (Å²) in [5, 5.41) is 1.12. The molecule has 3 rings (SSSR count). The average molecular weight is 290 g/mol. The third-order valence-electron chi connectivity index (χ3n) is 3.45. The molecule has 0 saturated carbocycles. The second-order valence-electron chi connectivity index (χ2n) is 4.53. The van der Waals surface area contributed by atoms with E-state index in [0.29, 0.717) is 17.4 Å². The Labute approximate surface area is 119 Å². The van der Waals surface area contributed by atoms with Gasteiger partial charge < -0.3 is 4.57 Å². The van der Waals surface area contributed by atoms with E-state index in [1.54, 1.807) is 0 Å². The molecule has 2 aliphatic heterocycles. The van der Waals surface area contributed by atoms with Crippen molar-refractivity contribution >= 4 is 22.5 Å². The van der Waals surface area contributed by atoms with Crippen molar-refractivity contribution in [3.05, 3.63) is 50.1 Å². The van der Waals surface area contributed by atoms with Crippen LogP contribution in [0.4, 0.5) is 0 Å². The van der Waals surface area contributed by atoms with E-state index >= 15 is 0 Å². The lowest BCUT2D eigenvalue weighted by Crippen LogP contribution is -2.36. The average Bonchev–Trinajstić information content (AvgIpc) is 2.45. The summed E-state index contributed by atoms with van der Waals surface area (Å²) < 4.78 is 2.81. The Morgan fingerprint density at radius 2 is 1.95 bits per heavy atom. The summed E-state index contributed by atoms with van der Waals surface area (Å²) in [7, 11) is 1.40. The maximum Gasteiger partial charge on any atom is 0.352 e. The number of aryl methyl sites for hydroxylation is 1. The van der Waals surface area contributed by atoms with Gasteiger partial charge >= 0.3 is 5.69 Å². The van der Waals surface area contributed by atoms with Crippen molar-refractivity contribution in [2.75, 3.05) is 0 Å². The van der Waals surface area contributed by atoms with Gasteiger partial charge in [-0.1, -0.05) is 29.8 Å². The molecule has 0 unspecified atom stereocenters. The monoisotopic (exact) mass is 289 g/mol. The van der Waals surface area contributed by atoms with Crippen molar-refractivity contribution in [2.45, 2.75) is 13.5 Å². The van der Waals surface area contributed by atoms with Crippen LogP contribution < -0.4 is 11.2 Å². The Hall–Kier alpha value is -2.14. The fraction of sp³-hybridized carbons (Fsp3) is 0.214. The molecule has 0 aliphatic carbocycles. The first-order valence-electron chi connectivity index (χ1n) is 6.24. The van der Waals surface area contributed by atoms with E-state index in [0.717, 1.165) is 15.5 Å². The Bertz CT molecular complexity index is 911. The number of hydrogen-bond acceptors (Lipinski definition) is 3. The molecule has 0 saturated heterocycles. The molecule has 1 aromatic rings. The molecule has 2 heterocycles. The lowest BCUT2D eigenvalue weighted by Gasteiger charge is -2.18. The number of halogens is 1. The summed E-state index contributed by atoms with van der Waals surface area (Å²) in [6, 6.07) is 7.50. The quantitative estimate of drug-likeness (QED) is 0.643. The lowest BCUT2D eigenvalue weighted by molar-refractivity contribution is 0.726. The number of nitrogens with zero attached hydrogens (tertiary/aromatic N) is 3. The summed E-state index contributed by atoms with van der Waals surface area (Å²) >= 11 is 6.36. The van der Waals surface area contributed by atoms with E-state index in [9.17, 15) is 9.59 Å². The SMILES string of the molecule is CCn1c2nc(=O)n(C)c(=O)c-2c(Cl)c2ccccc21. The highest BCUT2D eigenvalue weighted by molar-refractivity contribution is 6.38. The van der Waals surface area contributed by atoms with Crippen LogP contribution in [0.1, 0.15) is 6.92 Å². The van der Waals surface area contributed by atoms with Crippen LogP contribution in [0.3, 0.4) is 0 Å². The van der Waals surface area contributed by atoms with Crippen LogP contribution in [0.2, 0.25) is 5.02 Å². The summed E-state index contributed by atoms with van der Waals surface area (Å²) in [5.74, 6) is 0.337. The summed E-state index contributed by atoms with van der Waals surface area (Å²) in [6.07, 6.45) is 0. The number of aromatic nitrogens is 3. The van der Waals surface area contributed by atoms with Gasteiger partial charge in [0.1, 0.15) is 5.56 Å². The first-order valence-corrected chi connectivity index (χ1v) is 6.61. The normalized spacial score (nSPS) is 11.3. The smallest absolute Gasteiger partial charge is 0.325 e. The second kappa shape index (κ2) is 4.45. The molecule has 1 aromatic carbocycles. The Balaban J connectivity index is 2.71. The van der Waals surface area contributed by atoms with Crippen LogP contribution in [0.5, 0.6) is 0 Å². The van der Waals surface area contributed by atoms with Gasteiger partial charge in [-0.05, 0) is 13.0 Å². The van der Waals surface area contributed by atoms with Gasteiger partial charge in [0.2, 0.25) is 0 Å². The van der Waals surface area contributed by atoms with E-state index in [1.165, 1.54) is 7.05 Å². The fourth-order valence-corrected chi connectivity index (χ4v) is 2.75. The topological polar surface area (TPSA) is 56.9 Å². The minimum atomic E-state index is -0.573. The van der Waals surface area contributed by atoms with E-state index in [4.69, 9.17) is 11.6 Å². The molecule has 0 radical (unpaired) electrons. The first kappa shape index (κ1) is 12.9. The molecule has 0 aromatic heterocycles. The van der Waals surface area contributed by atoms with E-state index in [2.05, 4.69) is 4.98 Å². The van der Waals surface area contributed by atoms with E-state index in [-0.39, 0.29) is 5.56 Å². The molecule has 6 heteroatoms. The van der Waals surface area contributed by atoms with Gasteiger partial charge in [0, 0.05) is 19.0 Å². The Kier molecular flexibility index (Phi) is 2.87. The first-order chi connectivity index (χ1) is 9.56. The molecule has 0 fully saturated rings. The van der Waals surface area contributed by atoms with Gasteiger partial charge in [0.25, 0.3) is 5.56 Å². The summed E-state index contributed by atoms with van der Waals surface area (Å²) in [4.78, 5) is 28.1. The fourth-order valence-electron chi connectivity index (χ4n) is 2.42. The van der Waals surface area contributed by atoms with E-state index in [1.807, 2.05) is 35.8 Å². The van der Waals surface area contributed by atoms with Crippen molar-refractivity contribution in [2.24, 2.45) is 7.05 Å². The van der Waals surface area contributed by atoms with Crippen LogP contribution in [-0.2, 0) is 13.6 Å². The molecule has 102 valence electrons. The highest BCUT2D eigenvalue weighted by Crippen LogP contribution is 2.33. The number of fused-ring (bicyclic) bond motifs is 2. The Morgan fingerprint density at radius 3 is 2.65 bits per heavy atom. The zero-order valence-corrected chi connectivity index (χ0v) is 11.8. The van der Waals surface area contributed by atoms with Crippen molar-refractivity contribution in [1.29, 1.82) is 0 Å². The molecule has 0 amide bonds. The second-order valence-corrected chi connectivity index (χ2v) is 4.91. The van der Waals surface area contributed by atoms with Crippen molar-refractivity contribution in [3.8, 4) is 11.4 Å². The highest BCUT2D eigenvalue weighted by Gasteiger charge is 2.22. The third kappa shape index (κ3) is 1.59. The molecule has 2 aliphatic rings.